The van der Waals surface area contributed by atoms with Gasteiger partial charge < -0.3 is 89.9 Å². The summed E-state index contributed by atoms with van der Waals surface area (Å²) in [5, 5.41) is 120. The topological polar surface area (TPSA) is 307 Å². The summed E-state index contributed by atoms with van der Waals surface area (Å²) < 4.78 is 34.2. The molecule has 3 heterocycles. The van der Waals surface area contributed by atoms with Gasteiger partial charge >= 0.3 is 0 Å². The number of unbranched alkanes of at least 4 members (excludes halogenated alkanes) is 13. The van der Waals surface area contributed by atoms with Crippen LogP contribution in [0.1, 0.15) is 155 Å². The molecule has 3 aliphatic rings. The van der Waals surface area contributed by atoms with Crippen LogP contribution in [0, 0.1) is 0 Å². The molecule has 0 radical (unpaired) electrons. The Morgan fingerprint density at radius 1 is 0.468 bits per heavy atom. The fraction of sp³-hybridized carbons (Fsp3) is 0.750. The van der Waals surface area contributed by atoms with Gasteiger partial charge in [-0.1, -0.05) is 157 Å². The number of amides is 1. The Hall–Kier alpha value is -3.03. The smallest absolute Gasteiger partial charge is 0.220 e. The first-order valence-corrected chi connectivity index (χ1v) is 29.3. The lowest BCUT2D eigenvalue weighted by Gasteiger charge is -2.48. The van der Waals surface area contributed by atoms with Crippen LogP contribution in [0.3, 0.4) is 0 Å². The summed E-state index contributed by atoms with van der Waals surface area (Å²) in [6, 6.07) is -1.00. The largest absolute Gasteiger partial charge is 0.394 e. The monoisotopic (exact) mass is 1120 g/mol. The van der Waals surface area contributed by atoms with Gasteiger partial charge in [0, 0.05) is 6.42 Å². The second kappa shape index (κ2) is 42.7. The quantitative estimate of drug-likeness (QED) is 0.0289. The lowest BCUT2D eigenvalue weighted by molar-refractivity contribution is -0.379. The van der Waals surface area contributed by atoms with Crippen LogP contribution in [0.25, 0.3) is 0 Å². The van der Waals surface area contributed by atoms with Crippen LogP contribution in [0.5, 0.6) is 0 Å². The third-order valence-electron chi connectivity index (χ3n) is 14.2. The van der Waals surface area contributed by atoms with Gasteiger partial charge in [0.15, 0.2) is 18.9 Å². The summed E-state index contributed by atoms with van der Waals surface area (Å²) >= 11 is 0. The van der Waals surface area contributed by atoms with Crippen molar-refractivity contribution in [1.82, 2.24) is 5.32 Å². The second-order valence-corrected chi connectivity index (χ2v) is 20.7. The lowest BCUT2D eigenvalue weighted by Crippen LogP contribution is -2.66. The molecule has 3 rings (SSSR count). The minimum absolute atomic E-state index is 0.208. The number of aliphatic hydroxyl groups excluding tert-OH is 11. The molecule has 19 heteroatoms. The van der Waals surface area contributed by atoms with E-state index in [4.69, 9.17) is 28.4 Å². The van der Waals surface area contributed by atoms with Gasteiger partial charge in [-0.3, -0.25) is 4.79 Å². The normalized spacial score (nSPS) is 30.9. The number of carbonyl (C=O) groups excluding carboxylic acids is 1. The number of hydrogen-bond acceptors (Lipinski definition) is 18. The van der Waals surface area contributed by atoms with Crippen molar-refractivity contribution in [2.45, 2.75) is 259 Å². The summed E-state index contributed by atoms with van der Waals surface area (Å²) in [5.41, 5.74) is 0. The molecule has 0 aliphatic carbocycles. The predicted molar refractivity (Wildman–Crippen MR) is 300 cm³/mol. The Morgan fingerprint density at radius 2 is 0.886 bits per heavy atom. The molecule has 0 aromatic carbocycles. The fourth-order valence-electron chi connectivity index (χ4n) is 9.35. The fourth-order valence-corrected chi connectivity index (χ4v) is 9.35. The van der Waals surface area contributed by atoms with Crippen molar-refractivity contribution in [1.29, 1.82) is 0 Å². The van der Waals surface area contributed by atoms with E-state index in [-0.39, 0.29) is 18.9 Å². The number of rotatable bonds is 41. The number of nitrogens with one attached hydrogen (secondary N) is 1. The maximum Gasteiger partial charge on any atom is 0.220 e. The Morgan fingerprint density at radius 3 is 1.42 bits per heavy atom. The number of allylic oxidation sites excluding steroid dienone is 13. The first kappa shape index (κ1) is 70.2. The van der Waals surface area contributed by atoms with Gasteiger partial charge in [-0.15, -0.1) is 0 Å². The summed E-state index contributed by atoms with van der Waals surface area (Å²) in [7, 11) is 0. The Labute approximate surface area is 470 Å². The Bertz CT molecular complexity index is 1770. The van der Waals surface area contributed by atoms with E-state index in [0.717, 1.165) is 83.5 Å². The molecule has 454 valence electrons. The SMILES string of the molecule is CC/C=C\C/C=C\C/C=C\C/C=C\C/C=C\CCCCCCCC(=O)NC(COC1OC(CO)C(OC2OC(CO)C(OC3OC(CO)C(O)C(O)C3O)C(O)C2O)C(O)C1O)C(O)/C=C/CC/C=C/CCCCCCCCC. The van der Waals surface area contributed by atoms with Crippen molar-refractivity contribution in [3.8, 4) is 0 Å². The van der Waals surface area contributed by atoms with Gasteiger partial charge in [0.25, 0.3) is 0 Å². The molecule has 17 atom stereocenters. The van der Waals surface area contributed by atoms with Gasteiger partial charge in [-0.2, -0.15) is 0 Å². The second-order valence-electron chi connectivity index (χ2n) is 20.7. The molecule has 3 saturated heterocycles. The third kappa shape index (κ3) is 26.8. The van der Waals surface area contributed by atoms with Crippen LogP contribution in [-0.2, 0) is 33.2 Å². The van der Waals surface area contributed by atoms with E-state index >= 15 is 0 Å². The van der Waals surface area contributed by atoms with Gasteiger partial charge in [-0.25, -0.2) is 0 Å². The average Bonchev–Trinajstić information content (AvgIpc) is 3.45. The van der Waals surface area contributed by atoms with Crippen LogP contribution in [0.2, 0.25) is 0 Å². The molecule has 0 saturated carbocycles. The van der Waals surface area contributed by atoms with E-state index in [1.807, 2.05) is 6.08 Å². The van der Waals surface area contributed by atoms with Crippen molar-refractivity contribution in [3.05, 3.63) is 85.1 Å². The van der Waals surface area contributed by atoms with Crippen molar-refractivity contribution in [2.75, 3.05) is 26.4 Å². The molecule has 1 amide bonds. The van der Waals surface area contributed by atoms with Crippen LogP contribution in [0.15, 0.2) is 85.1 Å². The molecular formula is C60H101NO18. The highest BCUT2D eigenvalue weighted by molar-refractivity contribution is 5.76. The van der Waals surface area contributed by atoms with Crippen LogP contribution < -0.4 is 5.32 Å². The van der Waals surface area contributed by atoms with Crippen LogP contribution in [-0.4, -0.2) is 193 Å². The summed E-state index contributed by atoms with van der Waals surface area (Å²) in [5.74, 6) is -0.310. The van der Waals surface area contributed by atoms with Crippen LogP contribution in [0.4, 0.5) is 0 Å². The maximum absolute atomic E-state index is 13.3. The minimum Gasteiger partial charge on any atom is -0.394 e. The first-order chi connectivity index (χ1) is 38.3. The number of ether oxygens (including phenoxy) is 6. The zero-order chi connectivity index (χ0) is 57.6. The highest BCUT2D eigenvalue weighted by Crippen LogP contribution is 2.33. The van der Waals surface area contributed by atoms with Crippen LogP contribution >= 0.6 is 0 Å². The van der Waals surface area contributed by atoms with E-state index in [2.05, 4.69) is 92.1 Å². The van der Waals surface area contributed by atoms with E-state index in [1.165, 1.54) is 38.5 Å². The van der Waals surface area contributed by atoms with E-state index in [1.54, 1.807) is 6.08 Å². The standard InChI is InChI=1S/C60H101NO18/c1-3-5-7-9-11-13-15-17-18-19-20-21-22-23-24-26-28-30-32-34-36-38-48(66)61-43(44(65)37-35-33-31-29-27-25-16-14-12-10-8-6-4-2)42-74-58-54(72)51(69)56(46(40-63)76-58)79-60-55(73)52(70)57(47(41-64)77-60)78-59-53(71)50(68)49(67)45(39-62)75-59/h5,7,11,13,17-18,20-21,23-24,27,29,35,37,43-47,49-60,62-65,67-73H,3-4,6,8-10,12,14-16,19,22,25-26,28,30-34,36,38-42H2,1-2H3,(H,61,66)/b7-5-,13-11-,18-17-,21-20-,24-23-,29-27+,37-35+. The summed E-state index contributed by atoms with van der Waals surface area (Å²) in [4.78, 5) is 13.3. The van der Waals surface area contributed by atoms with Crippen molar-refractivity contribution < 1.29 is 89.4 Å². The molecule has 12 N–H and O–H groups in total. The third-order valence-corrected chi connectivity index (χ3v) is 14.2. The molecule has 0 bridgehead atoms. The highest BCUT2D eigenvalue weighted by Gasteiger charge is 2.53. The molecule has 0 spiro atoms. The molecule has 3 fully saturated rings. The van der Waals surface area contributed by atoms with Gasteiger partial charge in [-0.05, 0) is 77.0 Å². The number of aliphatic hydroxyl groups is 11. The van der Waals surface area contributed by atoms with Gasteiger partial charge in [0.05, 0.1) is 38.6 Å². The van der Waals surface area contributed by atoms with Crippen molar-refractivity contribution >= 4 is 5.91 Å². The van der Waals surface area contributed by atoms with E-state index in [0.29, 0.717) is 12.8 Å². The van der Waals surface area contributed by atoms with E-state index in [9.17, 15) is 61.0 Å². The average molecular weight is 1120 g/mol. The zero-order valence-corrected chi connectivity index (χ0v) is 47.1. The molecule has 3 aliphatic heterocycles. The Kier molecular flexibility index (Phi) is 38.0. The summed E-state index contributed by atoms with van der Waals surface area (Å²) in [6.45, 7) is 1.52. The lowest BCUT2D eigenvalue weighted by atomic mass is 9.96. The minimum atomic E-state index is -1.99. The summed E-state index contributed by atoms with van der Waals surface area (Å²) in [6.07, 6.45) is 24.2. The van der Waals surface area contributed by atoms with Gasteiger partial charge in [0.2, 0.25) is 5.91 Å². The molecule has 0 aromatic rings. The maximum atomic E-state index is 13.3. The van der Waals surface area contributed by atoms with Gasteiger partial charge in [0.1, 0.15) is 73.2 Å². The first-order valence-electron chi connectivity index (χ1n) is 29.3. The predicted octanol–water partition coefficient (Wildman–Crippen LogP) is 4.81. The highest BCUT2D eigenvalue weighted by atomic mass is 16.8. The number of hydrogen-bond donors (Lipinski definition) is 12. The van der Waals surface area contributed by atoms with E-state index < -0.39 is 124 Å². The zero-order valence-electron chi connectivity index (χ0n) is 47.1. The molecule has 0 aromatic heterocycles. The number of carbonyl (C=O) groups is 1. The molecule has 79 heavy (non-hydrogen) atoms. The molecule has 19 nitrogen and oxygen atoms in total. The Balaban J connectivity index is 1.52. The van der Waals surface area contributed by atoms with Crippen molar-refractivity contribution in [3.63, 3.8) is 0 Å². The van der Waals surface area contributed by atoms with Crippen molar-refractivity contribution in [2.24, 2.45) is 0 Å². The molecular weight excluding hydrogens is 1020 g/mol. The molecule has 17 unspecified atom stereocenters.